The topological polar surface area (TPSA) is 98.1 Å². The number of unbranched alkanes of at least 4 members (excludes halogenated alkanes) is 1. The maximum Gasteiger partial charge on any atom is 0.451 e. The molecule has 0 spiro atoms. The summed E-state index contributed by atoms with van der Waals surface area (Å²) in [4.78, 5) is 20.5. The number of aromatic nitrogens is 2. The summed E-state index contributed by atoms with van der Waals surface area (Å²) in [6.07, 6.45) is 0.296. The standard InChI is InChI=1S/C15H22F3N5O/c16-15(17,18)14-21-9-10(13(20)22-14)3-1-2-4-12(24)23-7-5-11(19)6-8-23/h9,11H,1-8,19H2,(H2,20,21,22). The van der Waals surface area contributed by atoms with Crippen molar-refractivity contribution in [3.05, 3.63) is 17.6 Å². The fourth-order valence-corrected chi connectivity index (χ4v) is 2.65. The molecule has 0 saturated carbocycles. The fourth-order valence-electron chi connectivity index (χ4n) is 2.65. The molecule has 0 aliphatic carbocycles. The zero-order chi connectivity index (χ0) is 17.7. The number of amides is 1. The predicted molar refractivity (Wildman–Crippen MR) is 82.8 cm³/mol. The Morgan fingerprint density at radius 1 is 1.29 bits per heavy atom. The molecule has 1 aromatic rings. The molecule has 1 aliphatic heterocycles. The Balaban J connectivity index is 1.75. The van der Waals surface area contributed by atoms with Crippen LogP contribution in [0.4, 0.5) is 19.0 Å². The van der Waals surface area contributed by atoms with Gasteiger partial charge in [-0.05, 0) is 32.1 Å². The fraction of sp³-hybridized carbons (Fsp3) is 0.667. The van der Waals surface area contributed by atoms with Gasteiger partial charge < -0.3 is 16.4 Å². The van der Waals surface area contributed by atoms with E-state index in [4.69, 9.17) is 11.5 Å². The van der Waals surface area contributed by atoms with Gasteiger partial charge in [0.2, 0.25) is 11.7 Å². The lowest BCUT2D eigenvalue weighted by Crippen LogP contribution is -2.42. The van der Waals surface area contributed by atoms with Crippen molar-refractivity contribution in [1.82, 2.24) is 14.9 Å². The van der Waals surface area contributed by atoms with E-state index >= 15 is 0 Å². The summed E-state index contributed by atoms with van der Waals surface area (Å²) >= 11 is 0. The van der Waals surface area contributed by atoms with Crippen LogP contribution < -0.4 is 11.5 Å². The smallest absolute Gasteiger partial charge is 0.383 e. The molecule has 1 saturated heterocycles. The highest BCUT2D eigenvalue weighted by Gasteiger charge is 2.35. The summed E-state index contributed by atoms with van der Waals surface area (Å²) < 4.78 is 37.4. The van der Waals surface area contributed by atoms with Crippen LogP contribution in [0, 0.1) is 0 Å². The molecule has 0 radical (unpaired) electrons. The first-order valence-corrected chi connectivity index (χ1v) is 7.99. The molecule has 6 nitrogen and oxygen atoms in total. The number of carbonyl (C=O) groups is 1. The predicted octanol–water partition coefficient (Wildman–Crippen LogP) is 1.74. The summed E-state index contributed by atoms with van der Waals surface area (Å²) in [7, 11) is 0. The summed E-state index contributed by atoms with van der Waals surface area (Å²) in [6.45, 7) is 1.39. The minimum absolute atomic E-state index is 0.0959. The van der Waals surface area contributed by atoms with Crippen LogP contribution in [0.3, 0.4) is 0 Å². The largest absolute Gasteiger partial charge is 0.451 e. The van der Waals surface area contributed by atoms with Crippen LogP contribution in [0.2, 0.25) is 0 Å². The molecule has 2 heterocycles. The van der Waals surface area contributed by atoms with Gasteiger partial charge in [0.1, 0.15) is 5.82 Å². The molecule has 4 N–H and O–H groups in total. The highest BCUT2D eigenvalue weighted by Crippen LogP contribution is 2.27. The van der Waals surface area contributed by atoms with Crippen LogP contribution in [0.15, 0.2) is 6.20 Å². The second kappa shape index (κ2) is 7.78. The average molecular weight is 345 g/mol. The number of hydrogen-bond donors (Lipinski definition) is 2. The van der Waals surface area contributed by atoms with Crippen molar-refractivity contribution in [2.24, 2.45) is 5.73 Å². The summed E-state index contributed by atoms with van der Waals surface area (Å²) in [6, 6.07) is 0.177. The molecule has 9 heteroatoms. The third-order valence-corrected chi connectivity index (χ3v) is 4.13. The second-order valence-corrected chi connectivity index (χ2v) is 6.03. The first-order valence-electron chi connectivity index (χ1n) is 7.99. The van der Waals surface area contributed by atoms with Crippen LogP contribution in [0.25, 0.3) is 0 Å². The number of nitrogens with two attached hydrogens (primary N) is 2. The summed E-state index contributed by atoms with van der Waals surface area (Å²) in [5.41, 5.74) is 11.8. The third kappa shape index (κ3) is 5.05. The molecule has 0 aromatic carbocycles. The Morgan fingerprint density at radius 3 is 2.54 bits per heavy atom. The van der Waals surface area contributed by atoms with E-state index in [1.54, 1.807) is 0 Å². The lowest BCUT2D eigenvalue weighted by atomic mass is 10.0. The van der Waals surface area contributed by atoms with Gasteiger partial charge in [0.05, 0.1) is 0 Å². The van der Waals surface area contributed by atoms with Gasteiger partial charge in [0.25, 0.3) is 0 Å². The Hall–Kier alpha value is -1.90. The SMILES string of the molecule is Nc1nc(C(F)(F)F)ncc1CCCCC(=O)N1CCC(N)CC1. The lowest BCUT2D eigenvalue weighted by molar-refractivity contribution is -0.144. The van der Waals surface area contributed by atoms with Crippen molar-refractivity contribution in [1.29, 1.82) is 0 Å². The van der Waals surface area contributed by atoms with E-state index in [-0.39, 0.29) is 17.8 Å². The van der Waals surface area contributed by atoms with E-state index < -0.39 is 12.0 Å². The highest BCUT2D eigenvalue weighted by molar-refractivity contribution is 5.76. The second-order valence-electron chi connectivity index (χ2n) is 6.03. The number of aryl methyl sites for hydroxylation is 1. The normalized spacial score (nSPS) is 16.4. The molecule has 0 bridgehead atoms. The molecular weight excluding hydrogens is 323 g/mol. The molecule has 1 amide bonds. The first kappa shape index (κ1) is 18.4. The molecule has 1 aliphatic rings. The molecule has 134 valence electrons. The van der Waals surface area contributed by atoms with Crippen LogP contribution in [-0.4, -0.2) is 39.9 Å². The van der Waals surface area contributed by atoms with E-state index in [9.17, 15) is 18.0 Å². The van der Waals surface area contributed by atoms with Crippen LogP contribution in [0.5, 0.6) is 0 Å². The lowest BCUT2D eigenvalue weighted by Gasteiger charge is -2.30. The van der Waals surface area contributed by atoms with Gasteiger partial charge in [-0.1, -0.05) is 0 Å². The van der Waals surface area contributed by atoms with Crippen molar-refractivity contribution in [2.75, 3.05) is 18.8 Å². The molecule has 1 aromatic heterocycles. The Bertz CT molecular complexity index is 571. The van der Waals surface area contributed by atoms with Crippen LogP contribution >= 0.6 is 0 Å². The third-order valence-electron chi connectivity index (χ3n) is 4.13. The summed E-state index contributed by atoms with van der Waals surface area (Å²) in [5, 5.41) is 0. The summed E-state index contributed by atoms with van der Waals surface area (Å²) in [5.74, 6) is -1.30. The van der Waals surface area contributed by atoms with E-state index in [2.05, 4.69) is 9.97 Å². The first-order chi connectivity index (χ1) is 11.3. The Kier molecular flexibility index (Phi) is 5.98. The van der Waals surface area contributed by atoms with Crippen molar-refractivity contribution in [3.8, 4) is 0 Å². The number of nitrogen functional groups attached to an aromatic ring is 1. The monoisotopic (exact) mass is 345 g/mol. The number of anilines is 1. The van der Waals surface area contributed by atoms with E-state index in [1.165, 1.54) is 0 Å². The molecule has 2 rings (SSSR count). The number of piperidine rings is 1. The van der Waals surface area contributed by atoms with Crippen LogP contribution in [-0.2, 0) is 17.4 Å². The number of carbonyl (C=O) groups excluding carboxylic acids is 1. The molecule has 1 fully saturated rings. The Morgan fingerprint density at radius 2 is 1.96 bits per heavy atom. The zero-order valence-electron chi connectivity index (χ0n) is 13.4. The molecule has 0 atom stereocenters. The van der Waals surface area contributed by atoms with Crippen molar-refractivity contribution >= 4 is 11.7 Å². The Labute approximate surface area is 138 Å². The maximum absolute atomic E-state index is 12.5. The minimum atomic E-state index is -4.60. The van der Waals surface area contributed by atoms with Gasteiger partial charge in [-0.2, -0.15) is 13.2 Å². The van der Waals surface area contributed by atoms with Crippen molar-refractivity contribution in [2.45, 2.75) is 50.7 Å². The van der Waals surface area contributed by atoms with Crippen molar-refractivity contribution < 1.29 is 18.0 Å². The number of hydrogen-bond acceptors (Lipinski definition) is 5. The van der Waals surface area contributed by atoms with Gasteiger partial charge in [-0.25, -0.2) is 9.97 Å². The van der Waals surface area contributed by atoms with Crippen molar-refractivity contribution in [3.63, 3.8) is 0 Å². The van der Waals surface area contributed by atoms with Gasteiger partial charge >= 0.3 is 6.18 Å². The zero-order valence-corrected chi connectivity index (χ0v) is 13.4. The van der Waals surface area contributed by atoms with Gasteiger partial charge in [-0.3, -0.25) is 4.79 Å². The molecular formula is C15H22F3N5O. The number of nitrogens with zero attached hydrogens (tertiary/aromatic N) is 3. The van der Waals surface area contributed by atoms with Gasteiger partial charge in [0, 0.05) is 37.3 Å². The number of likely N-dealkylation sites (tertiary alicyclic amines) is 1. The minimum Gasteiger partial charge on any atom is -0.383 e. The number of rotatable bonds is 5. The van der Waals surface area contributed by atoms with Gasteiger partial charge in [-0.15, -0.1) is 0 Å². The van der Waals surface area contributed by atoms with Crippen LogP contribution in [0.1, 0.15) is 43.5 Å². The number of alkyl halides is 3. The maximum atomic E-state index is 12.5. The van der Waals surface area contributed by atoms with E-state index in [0.29, 0.717) is 44.3 Å². The number of halogens is 3. The molecule has 0 unspecified atom stereocenters. The van der Waals surface area contributed by atoms with E-state index in [1.807, 2.05) is 4.90 Å². The quantitative estimate of drug-likeness (QED) is 0.792. The van der Waals surface area contributed by atoms with E-state index in [0.717, 1.165) is 19.0 Å². The molecule has 24 heavy (non-hydrogen) atoms. The average Bonchev–Trinajstić information content (AvgIpc) is 2.52. The highest BCUT2D eigenvalue weighted by atomic mass is 19.4. The van der Waals surface area contributed by atoms with Gasteiger partial charge in [0.15, 0.2) is 0 Å².